The van der Waals surface area contributed by atoms with Crippen molar-refractivity contribution in [3.8, 4) is 6.07 Å². The predicted molar refractivity (Wildman–Crippen MR) is 116 cm³/mol. The fourth-order valence-corrected chi connectivity index (χ4v) is 4.23. The first-order chi connectivity index (χ1) is 14.3. The van der Waals surface area contributed by atoms with Gasteiger partial charge >= 0.3 is 0 Å². The number of furan rings is 1. The molecule has 1 atom stereocenters. The van der Waals surface area contributed by atoms with Gasteiger partial charge in [-0.3, -0.25) is 9.59 Å². The number of nitrogens with zero attached hydrogens (tertiary/aromatic N) is 1. The zero-order valence-electron chi connectivity index (χ0n) is 16.3. The Hall–Kier alpha value is -3.15. The fourth-order valence-electron chi connectivity index (χ4n) is 3.16. The summed E-state index contributed by atoms with van der Waals surface area (Å²) in [6, 6.07) is 10.8. The van der Waals surface area contributed by atoms with Crippen molar-refractivity contribution in [3.63, 3.8) is 0 Å². The smallest absolute Gasteiger partial charge is 0.247 e. The number of halogens is 1. The number of amides is 2. The van der Waals surface area contributed by atoms with Crippen LogP contribution in [0, 0.1) is 18.3 Å². The van der Waals surface area contributed by atoms with Crippen LogP contribution in [0.1, 0.15) is 24.2 Å². The summed E-state index contributed by atoms with van der Waals surface area (Å²) in [5.74, 6) is -1.16. The van der Waals surface area contributed by atoms with Crippen molar-refractivity contribution in [2.75, 3.05) is 11.1 Å². The van der Waals surface area contributed by atoms with Crippen LogP contribution >= 0.6 is 23.4 Å². The number of carbonyl (C=O) groups is 2. The molecule has 0 bridgehead atoms. The Balaban J connectivity index is 1.83. The first-order valence-corrected chi connectivity index (χ1v) is 10.3. The minimum Gasteiger partial charge on any atom is -0.468 e. The largest absolute Gasteiger partial charge is 0.468 e. The molecule has 0 unspecified atom stereocenters. The molecule has 0 radical (unpaired) electrons. The van der Waals surface area contributed by atoms with Crippen molar-refractivity contribution in [2.24, 2.45) is 5.73 Å². The Morgan fingerprint density at radius 3 is 2.73 bits per heavy atom. The van der Waals surface area contributed by atoms with E-state index < -0.39 is 11.8 Å². The summed E-state index contributed by atoms with van der Waals surface area (Å²) >= 11 is 7.25. The average molecular weight is 443 g/mol. The van der Waals surface area contributed by atoms with Crippen LogP contribution in [-0.4, -0.2) is 17.6 Å². The first kappa shape index (κ1) is 21.6. The number of nitrogens with two attached hydrogens (primary N) is 1. The van der Waals surface area contributed by atoms with E-state index in [1.807, 2.05) is 6.92 Å². The molecule has 7 nitrogen and oxygen atoms in total. The van der Waals surface area contributed by atoms with Crippen LogP contribution in [0.15, 0.2) is 62.9 Å². The Kier molecular flexibility index (Phi) is 6.55. The molecule has 0 spiro atoms. The maximum atomic E-state index is 12.5. The lowest BCUT2D eigenvalue weighted by Crippen LogP contribution is -2.31. The third-order valence-corrected chi connectivity index (χ3v) is 6.06. The number of dihydropyridines is 1. The number of benzene rings is 1. The summed E-state index contributed by atoms with van der Waals surface area (Å²) in [6.45, 7) is 3.51. The maximum Gasteiger partial charge on any atom is 0.247 e. The van der Waals surface area contributed by atoms with Crippen LogP contribution in [0.5, 0.6) is 0 Å². The van der Waals surface area contributed by atoms with Gasteiger partial charge in [0.1, 0.15) is 5.76 Å². The van der Waals surface area contributed by atoms with Crippen LogP contribution in [0.25, 0.3) is 0 Å². The van der Waals surface area contributed by atoms with Crippen LogP contribution in [0.4, 0.5) is 5.69 Å². The highest BCUT2D eigenvalue weighted by molar-refractivity contribution is 8.03. The number of anilines is 1. The number of hydrogen-bond donors (Lipinski definition) is 3. The molecule has 1 aliphatic rings. The topological polar surface area (TPSA) is 121 Å². The van der Waals surface area contributed by atoms with Gasteiger partial charge in [-0.2, -0.15) is 5.26 Å². The maximum absolute atomic E-state index is 12.5. The van der Waals surface area contributed by atoms with Crippen molar-refractivity contribution < 1.29 is 14.0 Å². The summed E-state index contributed by atoms with van der Waals surface area (Å²) in [6.07, 6.45) is 1.47. The molecule has 0 aliphatic carbocycles. The van der Waals surface area contributed by atoms with E-state index in [0.717, 1.165) is 17.3 Å². The highest BCUT2D eigenvalue weighted by Crippen LogP contribution is 2.40. The Morgan fingerprint density at radius 1 is 1.33 bits per heavy atom. The SMILES string of the molecule is CC1=C(C(N)=O)[C@@H](c2ccco2)C(C#N)=C(SCC(=O)Nc2cccc(Cl)c2C)N1. The van der Waals surface area contributed by atoms with E-state index >= 15 is 0 Å². The standard InChI is InChI=1S/C21H19ClN4O3S/c1-11-14(22)5-3-6-15(11)26-17(27)10-30-21-13(9-23)19(16-7-4-8-29-16)18(20(24)28)12(2)25-21/h3-8,19,25H,10H2,1-2H3,(H2,24,28)(H,26,27)/t19-/m1/s1. The highest BCUT2D eigenvalue weighted by Gasteiger charge is 2.35. The Bertz CT molecular complexity index is 1100. The number of hydrogen-bond acceptors (Lipinski definition) is 6. The molecule has 0 saturated carbocycles. The van der Waals surface area contributed by atoms with Gasteiger partial charge in [-0.15, -0.1) is 0 Å². The molecule has 4 N–H and O–H groups in total. The number of rotatable bonds is 6. The zero-order valence-corrected chi connectivity index (χ0v) is 17.9. The van der Waals surface area contributed by atoms with Gasteiger partial charge < -0.3 is 20.8 Å². The molecular formula is C21H19ClN4O3S. The molecule has 3 rings (SSSR count). The van der Waals surface area contributed by atoms with Crippen molar-refractivity contribution in [1.29, 1.82) is 5.26 Å². The van der Waals surface area contributed by atoms with E-state index in [1.165, 1.54) is 6.26 Å². The number of thioether (sulfide) groups is 1. The van der Waals surface area contributed by atoms with E-state index in [4.69, 9.17) is 21.8 Å². The molecule has 0 saturated heterocycles. The second-order valence-corrected chi connectivity index (χ2v) is 7.97. The minimum absolute atomic E-state index is 0.0452. The third-order valence-electron chi connectivity index (χ3n) is 4.63. The molecule has 1 aromatic carbocycles. The quantitative estimate of drug-likeness (QED) is 0.625. The lowest BCUT2D eigenvalue weighted by Gasteiger charge is -2.27. The van der Waals surface area contributed by atoms with E-state index in [2.05, 4.69) is 16.7 Å². The van der Waals surface area contributed by atoms with Crippen molar-refractivity contribution >= 4 is 40.9 Å². The molecule has 2 amide bonds. The lowest BCUT2D eigenvalue weighted by atomic mass is 9.86. The number of nitrogens with one attached hydrogen (secondary N) is 2. The lowest BCUT2D eigenvalue weighted by molar-refractivity contribution is -0.115. The van der Waals surface area contributed by atoms with Gasteiger partial charge in [0.25, 0.3) is 0 Å². The van der Waals surface area contributed by atoms with Crippen LogP contribution in [0.3, 0.4) is 0 Å². The first-order valence-electron chi connectivity index (χ1n) is 8.96. The fraction of sp³-hybridized carbons (Fsp3) is 0.190. The van der Waals surface area contributed by atoms with E-state index in [-0.39, 0.29) is 22.8 Å². The van der Waals surface area contributed by atoms with Gasteiger partial charge in [0.2, 0.25) is 11.8 Å². The second kappa shape index (κ2) is 9.11. The molecule has 1 aromatic heterocycles. The highest BCUT2D eigenvalue weighted by atomic mass is 35.5. The Labute approximate surface area is 182 Å². The van der Waals surface area contributed by atoms with Crippen molar-refractivity contribution in [3.05, 3.63) is 74.8 Å². The van der Waals surface area contributed by atoms with Gasteiger partial charge in [-0.05, 0) is 43.7 Å². The zero-order chi connectivity index (χ0) is 21.8. The summed E-state index contributed by atoms with van der Waals surface area (Å²) in [5, 5.41) is 16.7. The van der Waals surface area contributed by atoms with Gasteiger partial charge in [0.05, 0.1) is 40.2 Å². The van der Waals surface area contributed by atoms with Crippen LogP contribution < -0.4 is 16.4 Å². The summed E-state index contributed by atoms with van der Waals surface area (Å²) in [7, 11) is 0. The molecule has 2 heterocycles. The van der Waals surface area contributed by atoms with E-state index in [0.29, 0.717) is 27.2 Å². The summed E-state index contributed by atoms with van der Waals surface area (Å²) < 4.78 is 5.46. The number of primary amides is 1. The van der Waals surface area contributed by atoms with Gasteiger partial charge in [-0.1, -0.05) is 29.4 Å². The third kappa shape index (κ3) is 4.37. The van der Waals surface area contributed by atoms with Gasteiger partial charge in [0, 0.05) is 16.4 Å². The van der Waals surface area contributed by atoms with E-state index in [9.17, 15) is 14.9 Å². The van der Waals surface area contributed by atoms with Crippen molar-refractivity contribution in [2.45, 2.75) is 19.8 Å². The normalized spacial score (nSPS) is 16.1. The molecule has 30 heavy (non-hydrogen) atoms. The molecule has 1 aliphatic heterocycles. The number of nitriles is 1. The molecular weight excluding hydrogens is 424 g/mol. The van der Waals surface area contributed by atoms with Crippen LogP contribution in [0.2, 0.25) is 5.02 Å². The monoisotopic (exact) mass is 442 g/mol. The molecule has 154 valence electrons. The van der Waals surface area contributed by atoms with E-state index in [1.54, 1.807) is 37.3 Å². The molecule has 9 heteroatoms. The number of carbonyl (C=O) groups excluding carboxylic acids is 2. The van der Waals surface area contributed by atoms with Gasteiger partial charge in [-0.25, -0.2) is 0 Å². The molecule has 0 fully saturated rings. The second-order valence-electron chi connectivity index (χ2n) is 6.58. The predicted octanol–water partition coefficient (Wildman–Crippen LogP) is 3.79. The molecule has 2 aromatic rings. The number of allylic oxidation sites excluding steroid dienone is 2. The minimum atomic E-state index is -0.732. The Morgan fingerprint density at radius 2 is 2.10 bits per heavy atom. The van der Waals surface area contributed by atoms with Gasteiger partial charge in [0.15, 0.2) is 0 Å². The van der Waals surface area contributed by atoms with Crippen LogP contribution in [-0.2, 0) is 9.59 Å². The average Bonchev–Trinajstić information content (AvgIpc) is 3.23. The summed E-state index contributed by atoms with van der Waals surface area (Å²) in [5.41, 5.74) is 7.98. The van der Waals surface area contributed by atoms with Crippen molar-refractivity contribution in [1.82, 2.24) is 5.32 Å². The summed E-state index contributed by atoms with van der Waals surface area (Å²) in [4.78, 5) is 24.5.